The second-order valence-electron chi connectivity index (χ2n) is 3.48. The number of amides is 1. The summed E-state index contributed by atoms with van der Waals surface area (Å²) in [6.45, 7) is 5.62. The number of nitrogens with zero attached hydrogens (tertiary/aromatic N) is 1. The molecule has 0 aliphatic rings. The maximum Gasteiger partial charge on any atom is 0.277 e. The summed E-state index contributed by atoms with van der Waals surface area (Å²) in [5.74, 6) is 0.467. The zero-order chi connectivity index (χ0) is 12.0. The average Bonchev–Trinajstić information content (AvgIpc) is 2.27. The van der Waals surface area contributed by atoms with Crippen LogP contribution in [0.2, 0.25) is 0 Å². The third-order valence-electron chi connectivity index (χ3n) is 2.02. The minimum atomic E-state index is -0.265. The molecule has 0 fully saturated rings. The van der Waals surface area contributed by atoms with Crippen LogP contribution < -0.4 is 10.2 Å². The summed E-state index contributed by atoms with van der Waals surface area (Å²) >= 11 is 0. The van der Waals surface area contributed by atoms with Crippen LogP contribution >= 0.6 is 0 Å². The number of hydrogen-bond donors (Lipinski definition) is 1. The predicted molar refractivity (Wildman–Crippen MR) is 63.7 cm³/mol. The van der Waals surface area contributed by atoms with Gasteiger partial charge in [0, 0.05) is 6.21 Å². The number of carbonyl (C=O) groups excluding carboxylic acids is 1. The molecule has 0 radical (unpaired) electrons. The second kappa shape index (κ2) is 5.90. The summed E-state index contributed by atoms with van der Waals surface area (Å²) in [6, 6.07) is 5.88. The SMILES string of the molecule is CC=NNC(=O)COc1cc(C)ccc1C. The number of nitrogens with one attached hydrogen (secondary N) is 1. The molecule has 0 unspecified atom stereocenters. The van der Waals surface area contributed by atoms with Crippen molar-refractivity contribution in [3.63, 3.8) is 0 Å². The molecule has 1 aromatic carbocycles. The summed E-state index contributed by atoms with van der Waals surface area (Å²) in [4.78, 5) is 11.2. The van der Waals surface area contributed by atoms with E-state index in [4.69, 9.17) is 4.74 Å². The number of hydrazone groups is 1. The lowest BCUT2D eigenvalue weighted by molar-refractivity contribution is -0.123. The molecule has 1 rings (SSSR count). The van der Waals surface area contributed by atoms with Gasteiger partial charge in [-0.2, -0.15) is 5.10 Å². The Morgan fingerprint density at radius 3 is 2.94 bits per heavy atom. The highest BCUT2D eigenvalue weighted by Gasteiger charge is 2.03. The molecule has 1 amide bonds. The molecule has 0 aromatic heterocycles. The summed E-state index contributed by atoms with van der Waals surface area (Å²) in [7, 11) is 0. The Labute approximate surface area is 95.3 Å². The van der Waals surface area contributed by atoms with Gasteiger partial charge in [-0.15, -0.1) is 0 Å². The Morgan fingerprint density at radius 1 is 1.50 bits per heavy atom. The van der Waals surface area contributed by atoms with Crippen molar-refractivity contribution < 1.29 is 9.53 Å². The van der Waals surface area contributed by atoms with E-state index in [0.29, 0.717) is 0 Å². The highest BCUT2D eigenvalue weighted by molar-refractivity contribution is 5.78. The molecule has 0 heterocycles. The first kappa shape index (κ1) is 12.2. The molecule has 86 valence electrons. The van der Waals surface area contributed by atoms with Crippen molar-refractivity contribution in [2.75, 3.05) is 6.61 Å². The van der Waals surface area contributed by atoms with Gasteiger partial charge in [0.15, 0.2) is 6.61 Å². The lowest BCUT2D eigenvalue weighted by atomic mass is 10.1. The van der Waals surface area contributed by atoms with E-state index < -0.39 is 0 Å². The Morgan fingerprint density at radius 2 is 2.25 bits per heavy atom. The van der Waals surface area contributed by atoms with Crippen molar-refractivity contribution in [1.82, 2.24) is 5.43 Å². The van der Waals surface area contributed by atoms with Crippen LogP contribution in [0.5, 0.6) is 5.75 Å². The van der Waals surface area contributed by atoms with Crippen LogP contribution in [-0.4, -0.2) is 18.7 Å². The van der Waals surface area contributed by atoms with Crippen molar-refractivity contribution in [3.05, 3.63) is 29.3 Å². The molecule has 16 heavy (non-hydrogen) atoms. The van der Waals surface area contributed by atoms with E-state index in [2.05, 4.69) is 10.5 Å². The molecule has 0 atom stereocenters. The minimum Gasteiger partial charge on any atom is -0.483 e. The first-order valence-corrected chi connectivity index (χ1v) is 5.10. The third-order valence-corrected chi connectivity index (χ3v) is 2.02. The molecule has 0 aliphatic carbocycles. The number of benzene rings is 1. The number of hydrogen-bond acceptors (Lipinski definition) is 3. The molecule has 0 spiro atoms. The van der Waals surface area contributed by atoms with Gasteiger partial charge in [-0.1, -0.05) is 12.1 Å². The summed E-state index contributed by atoms with van der Waals surface area (Å²) < 4.78 is 5.39. The minimum absolute atomic E-state index is 0.0262. The Hall–Kier alpha value is -1.84. The van der Waals surface area contributed by atoms with Crippen molar-refractivity contribution in [2.45, 2.75) is 20.8 Å². The van der Waals surface area contributed by atoms with Crippen molar-refractivity contribution >= 4 is 12.1 Å². The Bertz CT molecular complexity index is 400. The van der Waals surface area contributed by atoms with E-state index in [9.17, 15) is 4.79 Å². The van der Waals surface area contributed by atoms with Crippen LogP contribution in [0.4, 0.5) is 0 Å². The number of rotatable bonds is 4. The van der Waals surface area contributed by atoms with Crippen LogP contribution in [0, 0.1) is 13.8 Å². The van der Waals surface area contributed by atoms with E-state index in [0.717, 1.165) is 16.9 Å². The predicted octanol–water partition coefficient (Wildman–Crippen LogP) is 1.80. The zero-order valence-corrected chi connectivity index (χ0v) is 9.78. The van der Waals surface area contributed by atoms with Crippen LogP contribution in [-0.2, 0) is 4.79 Å². The fraction of sp³-hybridized carbons (Fsp3) is 0.333. The molecular weight excluding hydrogens is 204 g/mol. The highest BCUT2D eigenvalue weighted by Crippen LogP contribution is 2.18. The van der Waals surface area contributed by atoms with E-state index in [1.54, 1.807) is 6.92 Å². The van der Waals surface area contributed by atoms with Crippen LogP contribution in [0.25, 0.3) is 0 Å². The Balaban J connectivity index is 2.54. The molecule has 0 bridgehead atoms. The lowest BCUT2D eigenvalue weighted by Gasteiger charge is -2.08. The zero-order valence-electron chi connectivity index (χ0n) is 9.78. The van der Waals surface area contributed by atoms with Gasteiger partial charge < -0.3 is 4.74 Å². The van der Waals surface area contributed by atoms with Gasteiger partial charge in [-0.25, -0.2) is 5.43 Å². The van der Waals surface area contributed by atoms with E-state index in [-0.39, 0.29) is 12.5 Å². The molecule has 0 saturated heterocycles. The molecule has 4 heteroatoms. The quantitative estimate of drug-likeness (QED) is 0.621. The fourth-order valence-corrected chi connectivity index (χ4v) is 1.17. The maximum atomic E-state index is 11.2. The molecule has 0 saturated carbocycles. The van der Waals surface area contributed by atoms with Crippen LogP contribution in [0.1, 0.15) is 18.1 Å². The largest absolute Gasteiger partial charge is 0.483 e. The van der Waals surface area contributed by atoms with Crippen molar-refractivity contribution in [3.8, 4) is 5.75 Å². The van der Waals surface area contributed by atoms with Crippen LogP contribution in [0.3, 0.4) is 0 Å². The Kier molecular flexibility index (Phi) is 4.51. The molecule has 0 aliphatic heterocycles. The van der Waals surface area contributed by atoms with Gasteiger partial charge in [0.2, 0.25) is 0 Å². The van der Waals surface area contributed by atoms with E-state index in [1.165, 1.54) is 6.21 Å². The highest BCUT2D eigenvalue weighted by atomic mass is 16.5. The summed E-state index contributed by atoms with van der Waals surface area (Å²) in [6.07, 6.45) is 1.51. The van der Waals surface area contributed by atoms with Gasteiger partial charge in [0.1, 0.15) is 5.75 Å². The molecule has 1 N–H and O–H groups in total. The van der Waals surface area contributed by atoms with Crippen LogP contribution in [0.15, 0.2) is 23.3 Å². The van der Waals surface area contributed by atoms with Gasteiger partial charge in [0.25, 0.3) is 5.91 Å². The van der Waals surface area contributed by atoms with Crippen molar-refractivity contribution in [2.24, 2.45) is 5.10 Å². The standard InChI is InChI=1S/C12H16N2O2/c1-4-13-14-12(15)8-16-11-7-9(2)5-6-10(11)3/h4-7H,8H2,1-3H3,(H,14,15). The van der Waals surface area contributed by atoms with Crippen molar-refractivity contribution in [1.29, 1.82) is 0 Å². The molecule has 1 aromatic rings. The molecule has 4 nitrogen and oxygen atoms in total. The third kappa shape index (κ3) is 3.73. The first-order chi connectivity index (χ1) is 7.63. The normalized spacial score (nSPS) is 10.4. The lowest BCUT2D eigenvalue weighted by Crippen LogP contribution is -2.24. The number of carbonyl (C=O) groups is 1. The molecular formula is C12H16N2O2. The average molecular weight is 220 g/mol. The second-order valence-corrected chi connectivity index (χ2v) is 3.48. The van der Waals surface area contributed by atoms with E-state index in [1.807, 2.05) is 32.0 Å². The van der Waals surface area contributed by atoms with Gasteiger partial charge in [0.05, 0.1) is 0 Å². The monoisotopic (exact) mass is 220 g/mol. The summed E-state index contributed by atoms with van der Waals surface area (Å²) in [5.41, 5.74) is 4.46. The topological polar surface area (TPSA) is 50.7 Å². The van der Waals surface area contributed by atoms with Gasteiger partial charge >= 0.3 is 0 Å². The maximum absolute atomic E-state index is 11.2. The fourth-order valence-electron chi connectivity index (χ4n) is 1.17. The van der Waals surface area contributed by atoms with Gasteiger partial charge in [-0.3, -0.25) is 4.79 Å². The first-order valence-electron chi connectivity index (χ1n) is 5.10. The number of ether oxygens (including phenoxy) is 1. The summed E-state index contributed by atoms with van der Waals surface area (Å²) in [5, 5.41) is 3.62. The smallest absolute Gasteiger partial charge is 0.277 e. The number of aryl methyl sites for hydroxylation is 2. The van der Waals surface area contributed by atoms with E-state index >= 15 is 0 Å². The van der Waals surface area contributed by atoms with Gasteiger partial charge in [-0.05, 0) is 38.0 Å².